The van der Waals surface area contributed by atoms with Gasteiger partial charge in [-0.1, -0.05) is 36.7 Å². The van der Waals surface area contributed by atoms with E-state index in [1.54, 1.807) is 30.5 Å². The highest BCUT2D eigenvalue weighted by atomic mass is 35.5. The van der Waals surface area contributed by atoms with Crippen LogP contribution in [0.4, 0.5) is 11.5 Å². The molecule has 2 aromatic carbocycles. The first-order chi connectivity index (χ1) is 17.5. The van der Waals surface area contributed by atoms with Gasteiger partial charge in [0.05, 0.1) is 34.1 Å². The number of nitrogens with two attached hydrogens (primary N) is 1. The van der Waals surface area contributed by atoms with E-state index in [2.05, 4.69) is 26.8 Å². The Bertz CT molecular complexity index is 1350. The number of benzene rings is 2. The molecule has 2 aromatic heterocycles. The van der Waals surface area contributed by atoms with Gasteiger partial charge in [-0.15, -0.1) is 0 Å². The van der Waals surface area contributed by atoms with Gasteiger partial charge < -0.3 is 16.2 Å². The van der Waals surface area contributed by atoms with Crippen LogP contribution in [0.25, 0.3) is 22.2 Å². The van der Waals surface area contributed by atoms with Crippen LogP contribution in [0.15, 0.2) is 66.9 Å². The fourth-order valence-electron chi connectivity index (χ4n) is 3.33. The van der Waals surface area contributed by atoms with Gasteiger partial charge >= 0.3 is 0 Å². The summed E-state index contributed by atoms with van der Waals surface area (Å²) in [4.78, 5) is 34.7. The largest absolute Gasteiger partial charge is 0.483 e. The molecule has 0 spiro atoms. The van der Waals surface area contributed by atoms with Crippen LogP contribution in [0, 0.1) is 0 Å². The van der Waals surface area contributed by atoms with Crippen LogP contribution in [-0.2, 0) is 16.2 Å². The maximum absolute atomic E-state index is 12.2. The second-order valence-corrected chi connectivity index (χ2v) is 8.01. The number of fused-ring (bicyclic) bond motifs is 1. The van der Waals surface area contributed by atoms with Gasteiger partial charge in [0.1, 0.15) is 5.82 Å². The van der Waals surface area contributed by atoms with E-state index in [9.17, 15) is 4.79 Å². The molecule has 36 heavy (non-hydrogen) atoms. The van der Waals surface area contributed by atoms with Gasteiger partial charge in [0.15, 0.2) is 0 Å². The number of halogens is 1. The van der Waals surface area contributed by atoms with Crippen molar-refractivity contribution in [1.29, 1.82) is 0 Å². The monoisotopic (exact) mass is 507 g/mol. The van der Waals surface area contributed by atoms with Crippen molar-refractivity contribution in [2.75, 3.05) is 17.7 Å². The summed E-state index contributed by atoms with van der Waals surface area (Å²) < 4.78 is 0. The third kappa shape index (κ3) is 6.91. The number of pyridine rings is 2. The molecule has 10 heteroatoms. The molecule has 0 aliphatic heterocycles. The van der Waals surface area contributed by atoms with Gasteiger partial charge in [0, 0.05) is 23.7 Å². The highest BCUT2D eigenvalue weighted by Crippen LogP contribution is 2.28. The second kappa shape index (κ2) is 13.0. The van der Waals surface area contributed by atoms with Crippen molar-refractivity contribution < 1.29 is 19.5 Å². The summed E-state index contributed by atoms with van der Waals surface area (Å²) in [5.41, 5.74) is 12.9. The Morgan fingerprint density at radius 1 is 1.17 bits per heavy atom. The van der Waals surface area contributed by atoms with Crippen molar-refractivity contribution in [3.8, 4) is 11.3 Å². The molecule has 4 rings (SSSR count). The zero-order chi connectivity index (χ0) is 25.9. The van der Waals surface area contributed by atoms with Crippen molar-refractivity contribution >= 4 is 46.4 Å². The number of anilines is 2. The molecule has 0 aliphatic carbocycles. The molecular formula is C26H26ClN5O4. The molecule has 9 nitrogen and oxygen atoms in total. The summed E-state index contributed by atoms with van der Waals surface area (Å²) in [5, 5.41) is 11.6. The molecule has 1 amide bonds. The maximum Gasteiger partial charge on any atom is 0.290 e. The van der Waals surface area contributed by atoms with E-state index in [0.717, 1.165) is 28.5 Å². The summed E-state index contributed by atoms with van der Waals surface area (Å²) >= 11 is 6.36. The molecule has 0 bridgehead atoms. The first-order valence-electron chi connectivity index (χ1n) is 11.1. The number of aromatic nitrogens is 2. The number of hydrogen-bond donors (Lipinski definition) is 4. The fourth-order valence-corrected chi connectivity index (χ4v) is 3.59. The van der Waals surface area contributed by atoms with Gasteiger partial charge in [0.25, 0.3) is 12.4 Å². The van der Waals surface area contributed by atoms with Crippen LogP contribution in [0.1, 0.15) is 29.3 Å². The van der Waals surface area contributed by atoms with Crippen LogP contribution < -0.4 is 16.5 Å². The van der Waals surface area contributed by atoms with Crippen molar-refractivity contribution in [2.24, 2.45) is 0 Å². The van der Waals surface area contributed by atoms with Gasteiger partial charge in [-0.3, -0.25) is 19.4 Å². The molecule has 0 saturated carbocycles. The fraction of sp³-hybridized carbons (Fsp3) is 0.154. The lowest BCUT2D eigenvalue weighted by Crippen LogP contribution is -2.24. The van der Waals surface area contributed by atoms with Gasteiger partial charge in [-0.2, -0.15) is 0 Å². The summed E-state index contributed by atoms with van der Waals surface area (Å²) in [6, 6.07) is 18.8. The minimum absolute atomic E-state index is 0.250. The minimum atomic E-state index is -0.391. The Kier molecular flexibility index (Phi) is 9.56. The lowest BCUT2D eigenvalue weighted by Gasteiger charge is -2.12. The number of amides is 1. The number of nitrogens with zero attached hydrogens (tertiary/aromatic N) is 2. The number of hydroxylamine groups is 1. The van der Waals surface area contributed by atoms with Crippen molar-refractivity contribution in [3.05, 3.63) is 83.0 Å². The van der Waals surface area contributed by atoms with Crippen LogP contribution in [0.2, 0.25) is 5.02 Å². The third-order valence-corrected chi connectivity index (χ3v) is 5.35. The van der Waals surface area contributed by atoms with Crippen molar-refractivity contribution in [1.82, 2.24) is 15.4 Å². The number of hydrogen-bond acceptors (Lipinski definition) is 7. The first kappa shape index (κ1) is 26.4. The number of carboxylic acid groups (broad SMARTS) is 1. The van der Waals surface area contributed by atoms with Crippen molar-refractivity contribution in [2.45, 2.75) is 19.9 Å². The molecule has 2 heterocycles. The maximum atomic E-state index is 12.2. The van der Waals surface area contributed by atoms with E-state index >= 15 is 0 Å². The summed E-state index contributed by atoms with van der Waals surface area (Å²) in [7, 11) is 0. The second-order valence-electron chi connectivity index (χ2n) is 7.60. The number of rotatable bonds is 8. The Hall–Kier alpha value is -4.21. The van der Waals surface area contributed by atoms with Crippen LogP contribution >= 0.6 is 11.6 Å². The Morgan fingerprint density at radius 2 is 1.97 bits per heavy atom. The van der Waals surface area contributed by atoms with E-state index < -0.39 is 5.91 Å². The molecule has 5 N–H and O–H groups in total. The normalized spacial score (nSPS) is 10.3. The van der Waals surface area contributed by atoms with Crippen LogP contribution in [0.3, 0.4) is 0 Å². The predicted molar refractivity (Wildman–Crippen MR) is 141 cm³/mol. The van der Waals surface area contributed by atoms with Crippen molar-refractivity contribution in [3.63, 3.8) is 0 Å². The molecule has 0 radical (unpaired) electrons. The molecule has 0 unspecified atom stereocenters. The summed E-state index contributed by atoms with van der Waals surface area (Å²) in [5.74, 6) is 0.183. The number of carbonyl (C=O) groups excluding carboxylic acids is 1. The van der Waals surface area contributed by atoms with E-state index in [4.69, 9.17) is 32.1 Å². The molecule has 0 atom stereocenters. The lowest BCUT2D eigenvalue weighted by molar-refractivity contribution is -0.122. The number of nitrogen functional groups attached to an aromatic ring is 1. The summed E-state index contributed by atoms with van der Waals surface area (Å²) in [6.07, 6.45) is 2.58. The van der Waals surface area contributed by atoms with E-state index in [1.165, 1.54) is 0 Å². The quantitative estimate of drug-likeness (QED) is 0.150. The minimum Gasteiger partial charge on any atom is -0.483 e. The van der Waals surface area contributed by atoms with Gasteiger partial charge in [-0.05, 0) is 54.4 Å². The third-order valence-electron chi connectivity index (χ3n) is 5.03. The lowest BCUT2D eigenvalue weighted by atomic mass is 10.1. The number of nitrogens with one attached hydrogen (secondary N) is 2. The SMILES string of the molecule is CCCONC(=O)c1ccc(-c2ccc(N)c(NCc3ccc4ncccc4c3)n2)cc1Cl.O=CO. The number of carbonyl (C=O) groups is 2. The van der Waals surface area contributed by atoms with E-state index in [1.807, 2.05) is 37.3 Å². The molecule has 4 aromatic rings. The Morgan fingerprint density at radius 3 is 2.72 bits per heavy atom. The average molecular weight is 508 g/mol. The molecule has 0 aliphatic rings. The highest BCUT2D eigenvalue weighted by molar-refractivity contribution is 6.34. The smallest absolute Gasteiger partial charge is 0.290 e. The molecular weight excluding hydrogens is 482 g/mol. The van der Waals surface area contributed by atoms with Crippen LogP contribution in [-0.4, -0.2) is 34.1 Å². The molecule has 0 fully saturated rings. The zero-order valence-electron chi connectivity index (χ0n) is 19.6. The highest BCUT2D eigenvalue weighted by Gasteiger charge is 2.13. The van der Waals surface area contributed by atoms with E-state index in [-0.39, 0.29) is 6.47 Å². The first-order valence-corrected chi connectivity index (χ1v) is 11.5. The Balaban J connectivity index is 0.00000115. The average Bonchev–Trinajstić information content (AvgIpc) is 2.88. The standard InChI is InChI=1S/C25H24ClN5O2.CH2O2/c1-2-12-33-31-25(32)19-7-6-18(14-20(19)26)23-10-8-21(27)24(30-23)29-15-16-5-9-22-17(13-16)4-3-11-28-22;2-1-3/h3-11,13-14H,2,12,15,27H2,1H3,(H,29,30)(H,31,32);1H,(H,2,3). The Labute approximate surface area is 213 Å². The van der Waals surface area contributed by atoms with Gasteiger partial charge in [0.2, 0.25) is 0 Å². The van der Waals surface area contributed by atoms with Gasteiger partial charge in [-0.25, -0.2) is 10.5 Å². The topological polar surface area (TPSA) is 139 Å². The molecule has 186 valence electrons. The van der Waals surface area contributed by atoms with Crippen LogP contribution in [0.5, 0.6) is 0 Å². The summed E-state index contributed by atoms with van der Waals surface area (Å²) in [6.45, 7) is 2.70. The predicted octanol–water partition coefficient (Wildman–Crippen LogP) is 4.92. The molecule has 0 saturated heterocycles. The van der Waals surface area contributed by atoms with E-state index in [0.29, 0.717) is 40.9 Å². The zero-order valence-corrected chi connectivity index (χ0v) is 20.3.